The van der Waals surface area contributed by atoms with Gasteiger partial charge in [0.1, 0.15) is 6.10 Å². The second kappa shape index (κ2) is 13.2. The molecule has 42 heavy (non-hydrogen) atoms. The number of hydrogen-bond donors (Lipinski definition) is 0. The fourth-order valence-corrected chi connectivity index (χ4v) is 8.47. The lowest BCUT2D eigenvalue weighted by Crippen LogP contribution is -2.59. The maximum absolute atomic E-state index is 12.4. The van der Waals surface area contributed by atoms with Crippen molar-refractivity contribution in [2.45, 2.75) is 161 Å². The molecule has 1 heterocycles. The van der Waals surface area contributed by atoms with Crippen molar-refractivity contribution in [3.05, 3.63) is 12.2 Å². The molecule has 0 bridgehead atoms. The van der Waals surface area contributed by atoms with Crippen molar-refractivity contribution in [2.75, 3.05) is 13.7 Å². The molecular weight excluding hydrogens is 577 g/mol. The van der Waals surface area contributed by atoms with Crippen LogP contribution in [0.15, 0.2) is 12.2 Å². The van der Waals surface area contributed by atoms with E-state index in [2.05, 4.69) is 121 Å². The Hall–Kier alpha value is -0.299. The lowest BCUT2D eigenvalue weighted by Gasteiger charge is -2.49. The third-order valence-electron chi connectivity index (χ3n) is 11.2. The molecule has 6 nitrogen and oxygen atoms in total. The smallest absolute Gasteiger partial charge is 0.308 e. The normalized spacial score (nSPS) is 30.1. The second-order valence-electron chi connectivity index (χ2n) is 17.6. The van der Waals surface area contributed by atoms with Crippen molar-refractivity contribution in [1.29, 1.82) is 0 Å². The predicted octanol–water partition coefficient (Wildman–Crippen LogP) is 8.95. The Balaban J connectivity index is 2.40. The summed E-state index contributed by atoms with van der Waals surface area (Å²) in [5, 5.41) is 0.300. The van der Waals surface area contributed by atoms with Crippen LogP contribution in [0.3, 0.4) is 0 Å². The molecule has 1 saturated carbocycles. The molecule has 0 N–H and O–H groups in total. The Kier molecular flexibility index (Phi) is 11.9. The number of carbonyl (C=O) groups is 1. The highest BCUT2D eigenvalue weighted by Crippen LogP contribution is 2.49. The van der Waals surface area contributed by atoms with Crippen LogP contribution in [0.2, 0.25) is 54.4 Å². The van der Waals surface area contributed by atoms with Crippen LogP contribution in [0.5, 0.6) is 0 Å². The minimum absolute atomic E-state index is 0.0445. The van der Waals surface area contributed by atoms with E-state index in [-0.39, 0.29) is 51.9 Å². The van der Waals surface area contributed by atoms with Crippen molar-refractivity contribution >= 4 is 30.9 Å². The van der Waals surface area contributed by atoms with Crippen LogP contribution in [0.25, 0.3) is 0 Å². The van der Waals surface area contributed by atoms with Crippen LogP contribution in [0, 0.1) is 17.8 Å². The van der Waals surface area contributed by atoms with Crippen molar-refractivity contribution in [3.8, 4) is 0 Å². The fraction of sp³-hybridized carbons (Fsp3) is 0.909. The Labute approximate surface area is 262 Å². The van der Waals surface area contributed by atoms with Crippen LogP contribution in [-0.2, 0) is 27.5 Å². The number of methoxy groups -OCH3 is 1. The molecule has 0 radical (unpaired) electrons. The molecular formula is C33H66O6Si3. The molecule has 0 aromatic carbocycles. The molecule has 1 aliphatic carbocycles. The molecule has 0 amide bonds. The number of esters is 1. The first-order valence-corrected chi connectivity index (χ1v) is 24.9. The number of ether oxygens (including phenoxy) is 2. The predicted molar refractivity (Wildman–Crippen MR) is 182 cm³/mol. The third kappa shape index (κ3) is 9.36. The van der Waals surface area contributed by atoms with Gasteiger partial charge in [0.2, 0.25) is 0 Å². The topological polar surface area (TPSA) is 63.2 Å². The molecule has 1 saturated heterocycles. The molecule has 0 aromatic rings. The van der Waals surface area contributed by atoms with Gasteiger partial charge in [-0.1, -0.05) is 81.4 Å². The van der Waals surface area contributed by atoms with E-state index in [0.717, 1.165) is 6.61 Å². The molecule has 246 valence electrons. The lowest BCUT2D eigenvalue weighted by atomic mass is 9.95. The molecule has 0 aromatic heterocycles. The van der Waals surface area contributed by atoms with Gasteiger partial charge in [-0.15, -0.1) is 0 Å². The van der Waals surface area contributed by atoms with Gasteiger partial charge in [0, 0.05) is 13.0 Å². The first-order chi connectivity index (χ1) is 18.7. The molecule has 9 heteroatoms. The molecule has 2 rings (SSSR count). The maximum Gasteiger partial charge on any atom is 0.308 e. The molecule has 1 aliphatic heterocycles. The molecule has 7 atom stereocenters. The number of allylic oxidation sites excluding steroid dienone is 1. The fourth-order valence-electron chi connectivity index (χ4n) is 4.77. The Morgan fingerprint density at radius 2 is 1.31 bits per heavy atom. The summed E-state index contributed by atoms with van der Waals surface area (Å²) in [5.41, 5.74) is 0. The van der Waals surface area contributed by atoms with Gasteiger partial charge in [-0.3, -0.25) is 4.79 Å². The minimum Gasteiger partial charge on any atom is -0.469 e. The summed E-state index contributed by atoms with van der Waals surface area (Å²) in [6, 6.07) is 0. The Morgan fingerprint density at radius 3 is 1.79 bits per heavy atom. The van der Waals surface area contributed by atoms with Gasteiger partial charge in [0.15, 0.2) is 25.0 Å². The van der Waals surface area contributed by atoms with E-state index in [1.807, 2.05) is 0 Å². The van der Waals surface area contributed by atoms with E-state index in [9.17, 15) is 4.79 Å². The van der Waals surface area contributed by atoms with Crippen molar-refractivity contribution in [3.63, 3.8) is 0 Å². The largest absolute Gasteiger partial charge is 0.469 e. The van der Waals surface area contributed by atoms with E-state index in [1.165, 1.54) is 7.11 Å². The van der Waals surface area contributed by atoms with Crippen LogP contribution in [-0.4, -0.2) is 69.1 Å². The summed E-state index contributed by atoms with van der Waals surface area (Å²) in [6.45, 7) is 37.5. The monoisotopic (exact) mass is 642 g/mol. The van der Waals surface area contributed by atoms with Crippen LogP contribution < -0.4 is 0 Å². The van der Waals surface area contributed by atoms with Crippen LogP contribution in [0.4, 0.5) is 0 Å². The molecule has 2 fully saturated rings. The van der Waals surface area contributed by atoms with E-state index in [4.69, 9.17) is 22.8 Å². The summed E-state index contributed by atoms with van der Waals surface area (Å²) >= 11 is 0. The average Bonchev–Trinajstić information content (AvgIpc) is 3.42. The quantitative estimate of drug-likeness (QED) is 0.127. The highest BCUT2D eigenvalue weighted by atomic mass is 28.4. The molecule has 0 spiro atoms. The highest BCUT2D eigenvalue weighted by molar-refractivity contribution is 6.75. The first kappa shape index (κ1) is 37.9. The summed E-state index contributed by atoms with van der Waals surface area (Å²) in [6.07, 6.45) is 4.41. The lowest BCUT2D eigenvalue weighted by molar-refractivity contribution is -0.160. The van der Waals surface area contributed by atoms with Gasteiger partial charge in [0.05, 0.1) is 31.8 Å². The highest BCUT2D eigenvalue weighted by Gasteiger charge is 2.51. The van der Waals surface area contributed by atoms with Crippen LogP contribution >= 0.6 is 0 Å². The second-order valence-corrected chi connectivity index (χ2v) is 31.9. The minimum atomic E-state index is -2.16. The van der Waals surface area contributed by atoms with E-state index in [1.54, 1.807) is 0 Å². The van der Waals surface area contributed by atoms with Crippen molar-refractivity contribution in [1.82, 2.24) is 0 Å². The SMILES string of the molecule is COC(=O)C[C@@H]1C[C@H](O[Si](C)(C)C(C)(C)C)[C@@H](O[Si](C)(C)C(C)(C)C)[C@H](/C=C/[C@H]2[C@H](C)[C@@H]2CO[Si](C)(C)C(C)(C)C)O1. The first-order valence-electron chi connectivity index (χ1n) is 16.1. The maximum atomic E-state index is 12.4. The van der Waals surface area contributed by atoms with E-state index >= 15 is 0 Å². The van der Waals surface area contributed by atoms with Crippen molar-refractivity contribution < 1.29 is 27.5 Å². The van der Waals surface area contributed by atoms with Gasteiger partial charge in [0.25, 0.3) is 0 Å². The third-order valence-corrected chi connectivity index (χ3v) is 24.7. The standard InChI is InChI=1S/C33H66O6Si3/c1-23-25(26(23)22-36-40(12,13)31(2,3)4)18-19-27-30(39-42(16,17)33(8,9)10)28(38-41(14,15)32(5,6)7)20-24(37-27)21-29(34)35-11/h18-19,23-28,30H,20-22H2,1-17H3/b19-18+/t23-,24-,25-,26-,27-,28-,30-/m0/s1. The number of rotatable bonds is 11. The molecule has 2 aliphatic rings. The zero-order valence-electron chi connectivity index (χ0n) is 30.3. The zero-order valence-corrected chi connectivity index (χ0v) is 33.3. The average molecular weight is 643 g/mol. The number of hydrogen-bond acceptors (Lipinski definition) is 6. The summed E-state index contributed by atoms with van der Waals surface area (Å²) < 4.78 is 32.6. The number of carbonyl (C=O) groups excluding carboxylic acids is 1. The zero-order chi connectivity index (χ0) is 32.7. The van der Waals surface area contributed by atoms with E-state index < -0.39 is 25.0 Å². The van der Waals surface area contributed by atoms with Gasteiger partial charge in [-0.05, 0) is 72.2 Å². The molecule has 0 unspecified atom stereocenters. The van der Waals surface area contributed by atoms with Crippen LogP contribution in [0.1, 0.15) is 82.1 Å². The summed E-state index contributed by atoms with van der Waals surface area (Å²) in [4.78, 5) is 12.4. The van der Waals surface area contributed by atoms with Gasteiger partial charge in [-0.2, -0.15) is 0 Å². The van der Waals surface area contributed by atoms with E-state index in [0.29, 0.717) is 24.2 Å². The summed E-state index contributed by atoms with van der Waals surface area (Å²) in [7, 11) is -4.65. The Bertz CT molecular complexity index is 941. The van der Waals surface area contributed by atoms with Gasteiger partial charge >= 0.3 is 5.97 Å². The Morgan fingerprint density at radius 1 is 0.810 bits per heavy atom. The van der Waals surface area contributed by atoms with Crippen molar-refractivity contribution in [2.24, 2.45) is 17.8 Å². The summed E-state index contributed by atoms with van der Waals surface area (Å²) in [5.74, 6) is 1.28. The van der Waals surface area contributed by atoms with Gasteiger partial charge < -0.3 is 22.8 Å². The van der Waals surface area contributed by atoms with Gasteiger partial charge in [-0.25, -0.2) is 0 Å².